The minimum absolute atomic E-state index is 0.286. The van der Waals surface area contributed by atoms with Gasteiger partial charge in [-0.1, -0.05) is 16.5 Å². The number of rotatable bonds is 1. The lowest BCUT2D eigenvalue weighted by Gasteiger charge is -1.80. The van der Waals surface area contributed by atoms with Crippen molar-refractivity contribution in [2.24, 2.45) is 0 Å². The first-order chi connectivity index (χ1) is 5.68. The zero-order valence-corrected chi connectivity index (χ0v) is 7.01. The standard InChI is InChI=1S/C7H5NO3S/c1-3-4-2-5(6(9)10)12-7(4)11-8-3/h2H,1H3,(H,9,10). The number of hydrogen-bond donors (Lipinski definition) is 1. The van der Waals surface area contributed by atoms with Crippen molar-refractivity contribution in [1.82, 2.24) is 5.16 Å². The number of carboxylic acid groups (broad SMARTS) is 1. The van der Waals surface area contributed by atoms with Crippen molar-refractivity contribution < 1.29 is 14.4 Å². The molecule has 0 amide bonds. The second-order valence-electron chi connectivity index (χ2n) is 2.38. The van der Waals surface area contributed by atoms with Gasteiger partial charge in [-0.3, -0.25) is 0 Å². The molecule has 0 fully saturated rings. The van der Waals surface area contributed by atoms with E-state index in [0.29, 0.717) is 4.90 Å². The zero-order valence-electron chi connectivity index (χ0n) is 6.20. The summed E-state index contributed by atoms with van der Waals surface area (Å²) in [6, 6.07) is 1.58. The summed E-state index contributed by atoms with van der Waals surface area (Å²) in [5.74, 6) is -0.925. The van der Waals surface area contributed by atoms with Crippen molar-refractivity contribution in [1.29, 1.82) is 0 Å². The second kappa shape index (κ2) is 2.31. The SMILES string of the molecule is Cc1noc2sc(C(=O)O)cc12. The van der Waals surface area contributed by atoms with E-state index in [9.17, 15) is 4.79 Å². The predicted molar refractivity (Wildman–Crippen MR) is 43.6 cm³/mol. The van der Waals surface area contributed by atoms with Crippen LogP contribution in [-0.4, -0.2) is 16.2 Å². The summed E-state index contributed by atoms with van der Waals surface area (Å²) in [5.41, 5.74) is 0.730. The molecule has 2 rings (SSSR count). The Balaban J connectivity index is 2.70. The van der Waals surface area contributed by atoms with Gasteiger partial charge in [-0.05, 0) is 13.0 Å². The van der Waals surface area contributed by atoms with Crippen LogP contribution in [0.15, 0.2) is 10.6 Å². The molecule has 1 N–H and O–H groups in total. The molecule has 0 radical (unpaired) electrons. The van der Waals surface area contributed by atoms with E-state index < -0.39 is 5.97 Å². The highest BCUT2D eigenvalue weighted by atomic mass is 32.1. The Bertz CT molecular complexity index is 442. The first kappa shape index (κ1) is 7.30. The Kier molecular flexibility index (Phi) is 1.41. The third-order valence-corrected chi connectivity index (χ3v) is 2.56. The van der Waals surface area contributed by atoms with Gasteiger partial charge in [0.2, 0.25) is 4.90 Å². The van der Waals surface area contributed by atoms with E-state index in [1.54, 1.807) is 13.0 Å². The molecule has 0 aliphatic rings. The summed E-state index contributed by atoms with van der Waals surface area (Å²) in [6.45, 7) is 1.78. The second-order valence-corrected chi connectivity index (χ2v) is 3.40. The van der Waals surface area contributed by atoms with E-state index >= 15 is 0 Å². The molecule has 0 unspecified atom stereocenters. The summed E-state index contributed by atoms with van der Waals surface area (Å²) >= 11 is 1.10. The Morgan fingerprint density at radius 1 is 1.75 bits per heavy atom. The Morgan fingerprint density at radius 2 is 2.50 bits per heavy atom. The first-order valence-corrected chi connectivity index (χ1v) is 4.09. The smallest absolute Gasteiger partial charge is 0.346 e. The van der Waals surface area contributed by atoms with Crippen LogP contribution in [-0.2, 0) is 0 Å². The molecule has 5 heteroatoms. The number of nitrogens with zero attached hydrogens (tertiary/aromatic N) is 1. The molecular weight excluding hydrogens is 178 g/mol. The average molecular weight is 183 g/mol. The Labute approximate surface area is 71.4 Å². The van der Waals surface area contributed by atoms with E-state index in [0.717, 1.165) is 22.4 Å². The minimum atomic E-state index is -0.925. The van der Waals surface area contributed by atoms with Crippen molar-refractivity contribution in [2.45, 2.75) is 6.92 Å². The van der Waals surface area contributed by atoms with Gasteiger partial charge in [0.1, 0.15) is 4.88 Å². The van der Waals surface area contributed by atoms with Crippen LogP contribution in [0.4, 0.5) is 0 Å². The van der Waals surface area contributed by atoms with Gasteiger partial charge < -0.3 is 9.63 Å². The van der Waals surface area contributed by atoms with Crippen molar-refractivity contribution in [3.8, 4) is 0 Å². The van der Waals surface area contributed by atoms with Crippen LogP contribution < -0.4 is 0 Å². The predicted octanol–water partition coefficient (Wildman–Crippen LogP) is 1.90. The number of aromatic carboxylic acids is 1. The molecule has 2 aromatic rings. The van der Waals surface area contributed by atoms with Crippen LogP contribution in [0.3, 0.4) is 0 Å². The van der Waals surface area contributed by atoms with Crippen molar-refractivity contribution in [2.75, 3.05) is 0 Å². The average Bonchev–Trinajstić information content (AvgIpc) is 2.53. The molecule has 0 aromatic carbocycles. The highest BCUT2D eigenvalue weighted by molar-refractivity contribution is 7.20. The molecule has 0 atom stereocenters. The molecule has 0 aliphatic heterocycles. The van der Waals surface area contributed by atoms with E-state index in [1.165, 1.54) is 0 Å². The van der Waals surface area contributed by atoms with Crippen LogP contribution in [0.5, 0.6) is 0 Å². The van der Waals surface area contributed by atoms with Crippen molar-refractivity contribution in [3.05, 3.63) is 16.6 Å². The van der Waals surface area contributed by atoms with Gasteiger partial charge in [0.15, 0.2) is 0 Å². The van der Waals surface area contributed by atoms with E-state index in [4.69, 9.17) is 9.63 Å². The molecular formula is C7H5NO3S. The van der Waals surface area contributed by atoms with E-state index in [-0.39, 0.29) is 4.88 Å². The maximum atomic E-state index is 10.5. The van der Waals surface area contributed by atoms with Gasteiger partial charge in [0, 0.05) is 0 Å². The molecule has 2 aromatic heterocycles. The maximum Gasteiger partial charge on any atom is 0.346 e. The molecule has 0 saturated carbocycles. The summed E-state index contributed by atoms with van der Waals surface area (Å²) in [4.78, 5) is 11.4. The fourth-order valence-corrected chi connectivity index (χ4v) is 1.81. The van der Waals surface area contributed by atoms with Crippen molar-refractivity contribution in [3.63, 3.8) is 0 Å². The van der Waals surface area contributed by atoms with Gasteiger partial charge in [0.25, 0.3) is 0 Å². The summed E-state index contributed by atoms with van der Waals surface area (Å²) in [7, 11) is 0. The highest BCUT2D eigenvalue weighted by Crippen LogP contribution is 2.27. The maximum absolute atomic E-state index is 10.5. The summed E-state index contributed by atoms with van der Waals surface area (Å²) in [6.07, 6.45) is 0. The molecule has 62 valence electrons. The lowest BCUT2D eigenvalue weighted by Crippen LogP contribution is -1.89. The monoisotopic (exact) mass is 183 g/mol. The lowest BCUT2D eigenvalue weighted by atomic mass is 10.3. The van der Waals surface area contributed by atoms with E-state index in [1.807, 2.05) is 0 Å². The number of fused-ring (bicyclic) bond motifs is 1. The molecule has 0 aliphatic carbocycles. The topological polar surface area (TPSA) is 63.3 Å². The first-order valence-electron chi connectivity index (χ1n) is 3.27. The fourth-order valence-electron chi connectivity index (χ4n) is 0.959. The third kappa shape index (κ3) is 0.902. The number of aryl methyl sites for hydroxylation is 1. The van der Waals surface area contributed by atoms with Gasteiger partial charge in [-0.15, -0.1) is 0 Å². The quantitative estimate of drug-likeness (QED) is 0.733. The Hall–Kier alpha value is -1.36. The van der Waals surface area contributed by atoms with Crippen LogP contribution in [0, 0.1) is 6.92 Å². The number of thiophene rings is 1. The van der Waals surface area contributed by atoms with Gasteiger partial charge in [-0.25, -0.2) is 4.79 Å². The summed E-state index contributed by atoms with van der Waals surface area (Å²) < 4.78 is 4.88. The van der Waals surface area contributed by atoms with Crippen LogP contribution >= 0.6 is 11.3 Å². The molecule has 0 saturated heterocycles. The Morgan fingerprint density at radius 3 is 3.08 bits per heavy atom. The zero-order chi connectivity index (χ0) is 8.72. The van der Waals surface area contributed by atoms with Gasteiger partial charge >= 0.3 is 5.97 Å². The summed E-state index contributed by atoms with van der Waals surface area (Å²) in [5, 5.41) is 13.1. The van der Waals surface area contributed by atoms with Crippen LogP contribution in [0.1, 0.15) is 15.4 Å². The number of carboxylic acids is 1. The molecule has 4 nitrogen and oxygen atoms in total. The highest BCUT2D eigenvalue weighted by Gasteiger charge is 2.13. The number of aromatic nitrogens is 1. The van der Waals surface area contributed by atoms with E-state index in [2.05, 4.69) is 5.16 Å². The van der Waals surface area contributed by atoms with Gasteiger partial charge in [-0.2, -0.15) is 0 Å². The molecule has 0 bridgehead atoms. The molecule has 0 spiro atoms. The lowest BCUT2D eigenvalue weighted by molar-refractivity contribution is 0.0702. The van der Waals surface area contributed by atoms with Gasteiger partial charge in [0.05, 0.1) is 11.1 Å². The largest absolute Gasteiger partial charge is 0.477 e. The fraction of sp³-hybridized carbons (Fsp3) is 0.143. The van der Waals surface area contributed by atoms with Crippen LogP contribution in [0.25, 0.3) is 10.3 Å². The minimum Gasteiger partial charge on any atom is -0.477 e. The third-order valence-electron chi connectivity index (χ3n) is 1.56. The number of hydrogen-bond acceptors (Lipinski definition) is 4. The molecule has 12 heavy (non-hydrogen) atoms. The van der Waals surface area contributed by atoms with Crippen LogP contribution in [0.2, 0.25) is 0 Å². The number of carbonyl (C=O) groups is 1. The normalized spacial score (nSPS) is 10.8. The molecule has 2 heterocycles. The van der Waals surface area contributed by atoms with Crippen molar-refractivity contribution >= 4 is 27.6 Å².